The van der Waals surface area contributed by atoms with Crippen molar-refractivity contribution in [1.82, 2.24) is 0 Å². The van der Waals surface area contributed by atoms with Gasteiger partial charge >= 0.3 is 0 Å². The summed E-state index contributed by atoms with van der Waals surface area (Å²) in [5, 5.41) is 19.5. The first kappa shape index (κ1) is 13.4. The molecular formula is C12H13N5O. The molecule has 0 aliphatic rings. The van der Waals surface area contributed by atoms with E-state index in [0.717, 1.165) is 5.56 Å². The molecule has 0 atom stereocenters. The maximum atomic E-state index is 11.4. The average Bonchev–Trinajstić information content (AvgIpc) is 2.29. The number of amidine groups is 1. The summed E-state index contributed by atoms with van der Waals surface area (Å²) in [6.07, 6.45) is 0. The van der Waals surface area contributed by atoms with Crippen LogP contribution >= 0.6 is 0 Å². The first-order valence-corrected chi connectivity index (χ1v) is 5.15. The van der Waals surface area contributed by atoms with Crippen molar-refractivity contribution in [3.63, 3.8) is 0 Å². The van der Waals surface area contributed by atoms with E-state index in [-0.39, 0.29) is 11.5 Å². The van der Waals surface area contributed by atoms with Gasteiger partial charge < -0.3 is 5.73 Å². The Morgan fingerprint density at radius 1 is 1.56 bits per heavy atom. The first-order chi connectivity index (χ1) is 8.45. The summed E-state index contributed by atoms with van der Waals surface area (Å²) in [4.78, 5) is 11.4. The molecule has 0 aliphatic carbocycles. The Morgan fingerprint density at radius 3 is 2.72 bits per heavy atom. The van der Waals surface area contributed by atoms with Crippen LogP contribution in [-0.4, -0.2) is 17.3 Å². The van der Waals surface area contributed by atoms with Crippen molar-refractivity contribution in [1.29, 1.82) is 10.7 Å². The number of anilines is 1. The van der Waals surface area contributed by atoms with Crippen LogP contribution in [0.4, 0.5) is 5.69 Å². The molecule has 92 valence electrons. The average molecular weight is 243 g/mol. The van der Waals surface area contributed by atoms with Gasteiger partial charge in [-0.05, 0) is 31.5 Å². The predicted octanol–water partition coefficient (Wildman–Crippen LogP) is 1.43. The number of carbonyl (C=O) groups excluding carboxylic acids is 1. The second kappa shape index (κ2) is 5.59. The van der Waals surface area contributed by atoms with Gasteiger partial charge in [-0.2, -0.15) is 10.4 Å². The zero-order chi connectivity index (χ0) is 13.7. The zero-order valence-corrected chi connectivity index (χ0v) is 10.1. The van der Waals surface area contributed by atoms with Crippen LogP contribution in [0.5, 0.6) is 0 Å². The number of hydrazone groups is 1. The lowest BCUT2D eigenvalue weighted by atomic mass is 10.1. The molecule has 18 heavy (non-hydrogen) atoms. The number of benzene rings is 1. The summed E-state index contributed by atoms with van der Waals surface area (Å²) in [7, 11) is 0. The first-order valence-electron chi connectivity index (χ1n) is 5.15. The molecule has 0 heterocycles. The van der Waals surface area contributed by atoms with Crippen LogP contribution in [0.15, 0.2) is 23.3 Å². The number of nitrogens with two attached hydrogens (primary N) is 1. The van der Waals surface area contributed by atoms with Gasteiger partial charge in [0, 0.05) is 5.56 Å². The second-order valence-corrected chi connectivity index (χ2v) is 3.70. The van der Waals surface area contributed by atoms with Crippen LogP contribution in [-0.2, 0) is 0 Å². The monoisotopic (exact) mass is 243 g/mol. The molecular weight excluding hydrogens is 230 g/mol. The third-order valence-electron chi connectivity index (χ3n) is 2.20. The van der Waals surface area contributed by atoms with E-state index in [2.05, 4.69) is 10.5 Å². The quantitative estimate of drug-likeness (QED) is 0.321. The van der Waals surface area contributed by atoms with Gasteiger partial charge in [0.05, 0.1) is 5.69 Å². The van der Waals surface area contributed by atoms with Gasteiger partial charge in [-0.15, -0.1) is 0 Å². The number of ketones is 1. The lowest BCUT2D eigenvalue weighted by Gasteiger charge is -2.07. The third-order valence-corrected chi connectivity index (χ3v) is 2.20. The number of rotatable bonds is 4. The van der Waals surface area contributed by atoms with Crippen LogP contribution in [0.25, 0.3) is 0 Å². The van der Waals surface area contributed by atoms with Gasteiger partial charge in [0.25, 0.3) is 0 Å². The van der Waals surface area contributed by atoms with Crippen molar-refractivity contribution >= 4 is 23.0 Å². The molecule has 0 radical (unpaired) electrons. The molecule has 6 nitrogen and oxygen atoms in total. The Morgan fingerprint density at radius 2 is 2.22 bits per heavy atom. The van der Waals surface area contributed by atoms with Crippen LogP contribution in [0.3, 0.4) is 0 Å². The molecule has 1 aromatic carbocycles. The summed E-state index contributed by atoms with van der Waals surface area (Å²) < 4.78 is 0. The molecule has 0 amide bonds. The summed E-state index contributed by atoms with van der Waals surface area (Å²) in [5.74, 6) is -0.545. The topological polar surface area (TPSA) is 115 Å². The second-order valence-electron chi connectivity index (χ2n) is 3.70. The number of aryl methyl sites for hydroxylation is 1. The van der Waals surface area contributed by atoms with E-state index in [4.69, 9.17) is 16.4 Å². The Kier molecular flexibility index (Phi) is 4.16. The highest BCUT2D eigenvalue weighted by Crippen LogP contribution is 2.18. The van der Waals surface area contributed by atoms with Crippen molar-refractivity contribution in [3.8, 4) is 6.07 Å². The Bertz CT molecular complexity index is 568. The zero-order valence-electron chi connectivity index (χ0n) is 10.1. The van der Waals surface area contributed by atoms with Crippen molar-refractivity contribution in [2.24, 2.45) is 10.8 Å². The predicted molar refractivity (Wildman–Crippen MR) is 69.8 cm³/mol. The normalized spacial score (nSPS) is 10.6. The number of nitriles is 1. The smallest absolute Gasteiger partial charge is 0.201 e. The lowest BCUT2D eigenvalue weighted by molar-refractivity contribution is 0.101. The van der Waals surface area contributed by atoms with Gasteiger partial charge in [0.2, 0.25) is 5.71 Å². The minimum Gasteiger partial charge on any atom is -0.382 e. The van der Waals surface area contributed by atoms with Crippen molar-refractivity contribution < 1.29 is 4.79 Å². The minimum absolute atomic E-state index is 0.117. The third kappa shape index (κ3) is 3.15. The number of hydrogen-bond donors (Lipinski definition) is 3. The fourth-order valence-corrected chi connectivity index (χ4v) is 1.32. The largest absolute Gasteiger partial charge is 0.382 e. The fourth-order valence-electron chi connectivity index (χ4n) is 1.32. The van der Waals surface area contributed by atoms with Gasteiger partial charge in [-0.3, -0.25) is 15.6 Å². The molecule has 0 bridgehead atoms. The molecule has 0 unspecified atom stereocenters. The summed E-state index contributed by atoms with van der Waals surface area (Å²) in [6.45, 7) is 3.31. The summed E-state index contributed by atoms with van der Waals surface area (Å²) >= 11 is 0. The van der Waals surface area contributed by atoms with E-state index in [1.54, 1.807) is 18.2 Å². The Hall–Kier alpha value is -2.68. The summed E-state index contributed by atoms with van der Waals surface area (Å²) in [6, 6.07) is 6.90. The molecule has 1 aromatic rings. The van der Waals surface area contributed by atoms with Gasteiger partial charge in [0.15, 0.2) is 11.6 Å². The highest BCUT2D eigenvalue weighted by molar-refractivity contribution is 6.45. The van der Waals surface area contributed by atoms with E-state index in [1.807, 2.05) is 13.0 Å². The molecule has 0 spiro atoms. The van der Waals surface area contributed by atoms with Crippen LogP contribution in [0.1, 0.15) is 22.8 Å². The standard InChI is InChI=1S/C12H13N5O/c1-7-3-4-9(8(2)18)10(5-7)16-17-11(6-13)12(14)15/h3-5,16H,1-2H3,(H3,14,15)/b17-11+. The van der Waals surface area contributed by atoms with Crippen LogP contribution < -0.4 is 11.2 Å². The molecule has 0 aliphatic heterocycles. The molecule has 1 rings (SSSR count). The molecule has 0 fully saturated rings. The van der Waals surface area contributed by atoms with E-state index in [1.165, 1.54) is 6.92 Å². The van der Waals surface area contributed by atoms with E-state index < -0.39 is 5.84 Å². The van der Waals surface area contributed by atoms with Crippen molar-refractivity contribution in [2.45, 2.75) is 13.8 Å². The number of carbonyl (C=O) groups is 1. The Balaban J connectivity index is 3.11. The maximum Gasteiger partial charge on any atom is 0.201 e. The molecule has 0 saturated carbocycles. The fraction of sp³-hybridized carbons (Fsp3) is 0.167. The van der Waals surface area contributed by atoms with Crippen LogP contribution in [0, 0.1) is 23.7 Å². The van der Waals surface area contributed by atoms with Gasteiger partial charge in [-0.1, -0.05) is 6.07 Å². The number of nitrogens with one attached hydrogen (secondary N) is 2. The molecule has 0 saturated heterocycles. The SMILES string of the molecule is CC(=O)c1ccc(C)cc1N/N=C(\C#N)C(=N)N. The molecule has 4 N–H and O–H groups in total. The Labute approximate surface area is 105 Å². The number of hydrogen-bond acceptors (Lipinski definition) is 5. The summed E-state index contributed by atoms with van der Waals surface area (Å²) in [5.41, 5.74) is 9.41. The number of nitrogens with zero attached hydrogens (tertiary/aromatic N) is 2. The van der Waals surface area contributed by atoms with E-state index in [9.17, 15) is 4.79 Å². The van der Waals surface area contributed by atoms with E-state index >= 15 is 0 Å². The van der Waals surface area contributed by atoms with Crippen LogP contribution in [0.2, 0.25) is 0 Å². The highest BCUT2D eigenvalue weighted by atomic mass is 16.1. The number of Topliss-reactive ketones (excluding diaryl/α,β-unsaturated/α-hetero) is 1. The minimum atomic E-state index is -0.429. The molecule has 6 heteroatoms. The lowest BCUT2D eigenvalue weighted by Crippen LogP contribution is -2.22. The van der Waals surface area contributed by atoms with Crippen molar-refractivity contribution in [2.75, 3.05) is 5.43 Å². The van der Waals surface area contributed by atoms with Gasteiger partial charge in [0.1, 0.15) is 6.07 Å². The van der Waals surface area contributed by atoms with Crippen molar-refractivity contribution in [3.05, 3.63) is 29.3 Å². The van der Waals surface area contributed by atoms with E-state index in [0.29, 0.717) is 11.3 Å². The molecule has 0 aromatic heterocycles. The highest BCUT2D eigenvalue weighted by Gasteiger charge is 2.08. The maximum absolute atomic E-state index is 11.4. The van der Waals surface area contributed by atoms with Gasteiger partial charge in [-0.25, -0.2) is 0 Å².